The molecule has 1 saturated heterocycles. The number of hydrogen-bond acceptors (Lipinski definition) is 4. The number of nitrogens with two attached hydrogens (primary N) is 1. The lowest BCUT2D eigenvalue weighted by atomic mass is 9.99. The average Bonchev–Trinajstić information content (AvgIpc) is 2.87. The summed E-state index contributed by atoms with van der Waals surface area (Å²) in [6.45, 7) is 0.910. The average molecular weight is 358 g/mol. The Bertz CT molecular complexity index is 669. The van der Waals surface area contributed by atoms with E-state index in [4.69, 9.17) is 5.73 Å². The second-order valence-electron chi connectivity index (χ2n) is 5.53. The van der Waals surface area contributed by atoms with Gasteiger partial charge in [0, 0.05) is 30.1 Å². The smallest absolute Gasteiger partial charge is 0.236 e. The van der Waals surface area contributed by atoms with Crippen LogP contribution in [0.15, 0.2) is 36.4 Å². The highest BCUT2D eigenvalue weighted by molar-refractivity contribution is 5.85. The predicted molar refractivity (Wildman–Crippen MR) is 95.1 cm³/mol. The van der Waals surface area contributed by atoms with Crippen molar-refractivity contribution >= 4 is 41.6 Å². The van der Waals surface area contributed by atoms with Crippen molar-refractivity contribution in [3.8, 4) is 0 Å². The van der Waals surface area contributed by atoms with E-state index >= 15 is 0 Å². The van der Waals surface area contributed by atoms with Crippen molar-refractivity contribution in [3.63, 3.8) is 0 Å². The Labute approximate surface area is 147 Å². The number of aromatic nitrogens is 1. The Hall–Kier alpha value is -1.40. The molecule has 5 nitrogen and oxygen atoms in total. The van der Waals surface area contributed by atoms with Gasteiger partial charge in [0.15, 0.2) is 0 Å². The topological polar surface area (TPSA) is 79.5 Å². The van der Waals surface area contributed by atoms with Crippen molar-refractivity contribution < 1.29 is 9.90 Å². The van der Waals surface area contributed by atoms with Crippen molar-refractivity contribution in [1.29, 1.82) is 0 Å². The Morgan fingerprint density at radius 1 is 1.22 bits per heavy atom. The summed E-state index contributed by atoms with van der Waals surface area (Å²) >= 11 is 0. The van der Waals surface area contributed by atoms with Crippen LogP contribution in [0.25, 0.3) is 10.9 Å². The fourth-order valence-corrected chi connectivity index (χ4v) is 2.88. The molecular formula is C16H21Cl2N3O2. The van der Waals surface area contributed by atoms with Crippen LogP contribution in [-0.2, 0) is 11.2 Å². The third kappa shape index (κ3) is 4.32. The van der Waals surface area contributed by atoms with Crippen LogP contribution in [0.3, 0.4) is 0 Å². The molecule has 1 aliphatic rings. The number of amides is 1. The zero-order chi connectivity index (χ0) is 14.8. The van der Waals surface area contributed by atoms with Gasteiger partial charge in [0.1, 0.15) is 0 Å². The van der Waals surface area contributed by atoms with Crippen molar-refractivity contribution in [3.05, 3.63) is 42.1 Å². The third-order valence-electron chi connectivity index (χ3n) is 4.06. The Kier molecular flexibility index (Phi) is 7.22. The summed E-state index contributed by atoms with van der Waals surface area (Å²) in [5, 5.41) is 11.2. The molecule has 1 amide bonds. The quantitative estimate of drug-likeness (QED) is 0.869. The number of para-hydroxylation sites is 1. The first kappa shape index (κ1) is 19.6. The third-order valence-corrected chi connectivity index (χ3v) is 4.06. The molecule has 0 bridgehead atoms. The van der Waals surface area contributed by atoms with Crippen LogP contribution in [0.4, 0.5) is 0 Å². The van der Waals surface area contributed by atoms with Gasteiger partial charge >= 0.3 is 0 Å². The summed E-state index contributed by atoms with van der Waals surface area (Å²) in [4.78, 5) is 17.9. The minimum absolute atomic E-state index is 0. The zero-order valence-electron chi connectivity index (χ0n) is 12.6. The highest BCUT2D eigenvalue weighted by atomic mass is 35.5. The van der Waals surface area contributed by atoms with E-state index in [-0.39, 0.29) is 43.2 Å². The Morgan fingerprint density at radius 3 is 2.70 bits per heavy atom. The Balaban J connectivity index is 0.00000132. The summed E-state index contributed by atoms with van der Waals surface area (Å²) in [5.74, 6) is -0.0859. The number of pyridine rings is 1. The number of carbonyl (C=O) groups excluding carboxylic acids is 1. The molecule has 0 unspecified atom stereocenters. The molecule has 1 aromatic heterocycles. The molecule has 7 heteroatoms. The highest BCUT2D eigenvalue weighted by Crippen LogP contribution is 2.22. The standard InChI is InChI=1S/C16H19N3O2.2ClH/c17-8-16(21)19-9-12(15(20)10-19)7-13-6-5-11-3-1-2-4-14(11)18-13;;/h1-6,12,15,20H,7-10,17H2;2*1H/t12-,15-;;/m1../s1. The van der Waals surface area contributed by atoms with E-state index in [2.05, 4.69) is 4.98 Å². The second kappa shape index (κ2) is 8.45. The molecule has 126 valence electrons. The van der Waals surface area contributed by atoms with Gasteiger partial charge < -0.3 is 15.7 Å². The molecule has 1 fully saturated rings. The molecule has 0 spiro atoms. The molecule has 2 atom stereocenters. The molecular weight excluding hydrogens is 337 g/mol. The summed E-state index contributed by atoms with van der Waals surface area (Å²) in [5.41, 5.74) is 7.27. The molecule has 23 heavy (non-hydrogen) atoms. The summed E-state index contributed by atoms with van der Waals surface area (Å²) in [7, 11) is 0. The van der Waals surface area contributed by atoms with Crippen molar-refractivity contribution in [2.45, 2.75) is 12.5 Å². The SMILES string of the molecule is Cl.Cl.NCC(=O)N1C[C@@H](Cc2ccc3ccccc3n2)[C@H](O)C1. The zero-order valence-corrected chi connectivity index (χ0v) is 14.2. The number of halogens is 2. The first-order valence-corrected chi connectivity index (χ1v) is 7.18. The van der Waals surface area contributed by atoms with Crippen LogP contribution >= 0.6 is 24.8 Å². The summed E-state index contributed by atoms with van der Waals surface area (Å²) < 4.78 is 0. The van der Waals surface area contributed by atoms with Gasteiger partial charge in [0.2, 0.25) is 5.91 Å². The van der Waals surface area contributed by atoms with Crippen LogP contribution in [0.2, 0.25) is 0 Å². The van der Waals surface area contributed by atoms with Crippen molar-refractivity contribution in [2.75, 3.05) is 19.6 Å². The normalized spacial score (nSPS) is 20.0. The van der Waals surface area contributed by atoms with Gasteiger partial charge in [0.05, 0.1) is 18.2 Å². The molecule has 2 heterocycles. The first-order chi connectivity index (χ1) is 10.2. The molecule has 0 radical (unpaired) electrons. The van der Waals surface area contributed by atoms with E-state index in [9.17, 15) is 9.90 Å². The number of rotatable bonds is 3. The lowest BCUT2D eigenvalue weighted by Crippen LogP contribution is -2.34. The van der Waals surface area contributed by atoms with Gasteiger partial charge in [-0.2, -0.15) is 0 Å². The maximum atomic E-state index is 11.6. The largest absolute Gasteiger partial charge is 0.391 e. The van der Waals surface area contributed by atoms with Crippen LogP contribution in [-0.4, -0.2) is 46.6 Å². The van der Waals surface area contributed by atoms with Crippen molar-refractivity contribution in [1.82, 2.24) is 9.88 Å². The lowest BCUT2D eigenvalue weighted by Gasteiger charge is -2.14. The molecule has 3 rings (SSSR count). The maximum Gasteiger partial charge on any atom is 0.236 e. The van der Waals surface area contributed by atoms with Gasteiger partial charge in [-0.3, -0.25) is 9.78 Å². The van der Waals surface area contributed by atoms with Gasteiger partial charge in [-0.25, -0.2) is 0 Å². The van der Waals surface area contributed by atoms with E-state index in [0.29, 0.717) is 19.5 Å². The van der Waals surface area contributed by atoms with Gasteiger partial charge in [-0.05, 0) is 18.6 Å². The number of nitrogens with zero attached hydrogens (tertiary/aromatic N) is 2. The number of fused-ring (bicyclic) bond motifs is 1. The fourth-order valence-electron chi connectivity index (χ4n) is 2.88. The van der Waals surface area contributed by atoms with Gasteiger partial charge in [-0.15, -0.1) is 24.8 Å². The number of carbonyl (C=O) groups is 1. The van der Waals surface area contributed by atoms with E-state index in [1.165, 1.54) is 0 Å². The van der Waals surface area contributed by atoms with Crippen LogP contribution < -0.4 is 5.73 Å². The number of β-amino-alcohol motifs (C(OH)–C–C–N with tert-alkyl or cyclic N) is 1. The van der Waals surface area contributed by atoms with Crippen LogP contribution in [0.1, 0.15) is 5.69 Å². The van der Waals surface area contributed by atoms with Crippen molar-refractivity contribution in [2.24, 2.45) is 11.7 Å². The van der Waals surface area contributed by atoms with E-state index in [1.807, 2.05) is 36.4 Å². The number of aliphatic hydroxyl groups excluding tert-OH is 1. The minimum atomic E-state index is -0.506. The summed E-state index contributed by atoms with van der Waals surface area (Å²) in [6, 6.07) is 12.0. The molecule has 3 N–H and O–H groups in total. The van der Waals surface area contributed by atoms with E-state index < -0.39 is 6.10 Å². The number of benzene rings is 1. The Morgan fingerprint density at radius 2 is 1.96 bits per heavy atom. The molecule has 2 aromatic rings. The van der Waals surface area contributed by atoms with Crippen LogP contribution in [0.5, 0.6) is 0 Å². The monoisotopic (exact) mass is 357 g/mol. The second-order valence-corrected chi connectivity index (χ2v) is 5.53. The number of likely N-dealkylation sites (tertiary alicyclic amines) is 1. The molecule has 0 aliphatic carbocycles. The lowest BCUT2D eigenvalue weighted by molar-refractivity contribution is -0.129. The maximum absolute atomic E-state index is 11.6. The van der Waals surface area contributed by atoms with E-state index in [1.54, 1.807) is 4.90 Å². The number of aliphatic hydroxyl groups is 1. The number of hydrogen-bond donors (Lipinski definition) is 2. The van der Waals surface area contributed by atoms with Gasteiger partial charge in [-0.1, -0.05) is 24.3 Å². The summed E-state index contributed by atoms with van der Waals surface area (Å²) in [6.07, 6.45) is 0.161. The molecule has 1 aromatic carbocycles. The molecule has 1 aliphatic heterocycles. The fraction of sp³-hybridized carbons (Fsp3) is 0.375. The first-order valence-electron chi connectivity index (χ1n) is 7.18. The predicted octanol–water partition coefficient (Wildman–Crippen LogP) is 1.40. The highest BCUT2D eigenvalue weighted by Gasteiger charge is 2.33. The van der Waals surface area contributed by atoms with Gasteiger partial charge in [0.25, 0.3) is 0 Å². The minimum Gasteiger partial charge on any atom is -0.391 e. The molecule has 0 saturated carbocycles. The van der Waals surface area contributed by atoms with E-state index in [0.717, 1.165) is 16.6 Å². The van der Waals surface area contributed by atoms with Crippen LogP contribution in [0, 0.1) is 5.92 Å².